The summed E-state index contributed by atoms with van der Waals surface area (Å²) in [5.74, 6) is 0.294. The molecular formula is C22H16FN7O3. The smallest absolute Gasteiger partial charge is 0.260 e. The molecule has 0 radical (unpaired) electrons. The van der Waals surface area contributed by atoms with Gasteiger partial charge in [-0.25, -0.2) is 19.4 Å². The number of aromatic nitrogens is 4. The van der Waals surface area contributed by atoms with E-state index in [1.54, 1.807) is 41.0 Å². The van der Waals surface area contributed by atoms with E-state index in [2.05, 4.69) is 30.5 Å². The second-order valence-electron chi connectivity index (χ2n) is 6.98. The third-order valence-corrected chi connectivity index (χ3v) is 4.83. The molecular weight excluding hydrogens is 429 g/mol. The lowest BCUT2D eigenvalue weighted by Gasteiger charge is -2.06. The molecule has 5 aromatic rings. The highest BCUT2D eigenvalue weighted by atomic mass is 19.1. The van der Waals surface area contributed by atoms with Crippen molar-refractivity contribution < 1.29 is 18.2 Å². The quantitative estimate of drug-likeness (QED) is 0.302. The van der Waals surface area contributed by atoms with E-state index in [0.717, 1.165) is 0 Å². The monoisotopic (exact) mass is 445 g/mol. The van der Waals surface area contributed by atoms with Crippen LogP contribution in [0.4, 0.5) is 10.2 Å². The summed E-state index contributed by atoms with van der Waals surface area (Å²) < 4.78 is 25.8. The van der Waals surface area contributed by atoms with Gasteiger partial charge in [0.15, 0.2) is 17.3 Å². The van der Waals surface area contributed by atoms with Gasteiger partial charge in [-0.1, -0.05) is 24.3 Å². The van der Waals surface area contributed by atoms with Crippen molar-refractivity contribution in [3.63, 3.8) is 0 Å². The summed E-state index contributed by atoms with van der Waals surface area (Å²) in [5, 5.41) is 11.3. The van der Waals surface area contributed by atoms with Crippen LogP contribution in [0.1, 0.15) is 5.76 Å². The molecule has 0 atom stereocenters. The van der Waals surface area contributed by atoms with Crippen LogP contribution >= 0.6 is 0 Å². The summed E-state index contributed by atoms with van der Waals surface area (Å²) in [4.78, 5) is 17.1. The molecule has 10 nitrogen and oxygen atoms in total. The summed E-state index contributed by atoms with van der Waals surface area (Å²) in [6, 6.07) is 16.8. The second-order valence-corrected chi connectivity index (χ2v) is 6.98. The number of halogens is 1. The van der Waals surface area contributed by atoms with E-state index in [1.807, 2.05) is 18.2 Å². The first kappa shape index (κ1) is 20.1. The van der Waals surface area contributed by atoms with Crippen LogP contribution in [0.25, 0.3) is 33.9 Å². The van der Waals surface area contributed by atoms with Crippen molar-refractivity contribution in [1.29, 1.82) is 0 Å². The highest BCUT2D eigenvalue weighted by molar-refractivity contribution is 5.86. The van der Waals surface area contributed by atoms with E-state index in [1.165, 1.54) is 12.3 Å². The molecule has 0 aliphatic heterocycles. The zero-order chi connectivity index (χ0) is 22.8. The van der Waals surface area contributed by atoms with Crippen molar-refractivity contribution >= 4 is 29.0 Å². The number of furan rings is 1. The molecule has 3 heterocycles. The minimum absolute atomic E-state index is 0.0634. The van der Waals surface area contributed by atoms with E-state index < -0.39 is 11.7 Å². The minimum atomic E-state index is -0.424. The summed E-state index contributed by atoms with van der Waals surface area (Å²) in [6.07, 6.45) is 1.33. The van der Waals surface area contributed by atoms with E-state index in [-0.39, 0.29) is 18.1 Å². The van der Waals surface area contributed by atoms with Gasteiger partial charge in [-0.2, -0.15) is 5.10 Å². The number of nitrogens with one attached hydrogen (secondary N) is 1. The Labute approximate surface area is 185 Å². The first-order chi connectivity index (χ1) is 16.1. The average Bonchev–Trinajstić information content (AvgIpc) is 3.53. The lowest BCUT2D eigenvalue weighted by Crippen LogP contribution is -2.23. The SMILES string of the molecule is Nc1nonc1-c1nc2ccccc2n1CC(=O)N/N=C/c1ccc(-c2ccccc2F)o1. The predicted molar refractivity (Wildman–Crippen MR) is 117 cm³/mol. The molecule has 1 amide bonds. The number of carbonyl (C=O) groups excluding carboxylic acids is 1. The van der Waals surface area contributed by atoms with Crippen LogP contribution in [0.5, 0.6) is 0 Å². The fourth-order valence-corrected chi connectivity index (χ4v) is 3.34. The normalized spacial score (nSPS) is 11.4. The van der Waals surface area contributed by atoms with Gasteiger partial charge in [0.25, 0.3) is 5.91 Å². The van der Waals surface area contributed by atoms with Gasteiger partial charge in [-0.05, 0) is 46.7 Å². The van der Waals surface area contributed by atoms with Crippen molar-refractivity contribution in [2.24, 2.45) is 5.10 Å². The number of nitrogens with two attached hydrogens (primary N) is 1. The molecule has 33 heavy (non-hydrogen) atoms. The molecule has 0 spiro atoms. The van der Waals surface area contributed by atoms with Gasteiger partial charge in [-0.3, -0.25) is 4.79 Å². The largest absolute Gasteiger partial charge is 0.455 e. The van der Waals surface area contributed by atoms with Crippen molar-refractivity contribution in [3.05, 3.63) is 72.2 Å². The van der Waals surface area contributed by atoms with Gasteiger partial charge in [0.1, 0.15) is 23.9 Å². The minimum Gasteiger partial charge on any atom is -0.455 e. The van der Waals surface area contributed by atoms with Crippen LogP contribution in [0.2, 0.25) is 0 Å². The number of rotatable bonds is 6. The lowest BCUT2D eigenvalue weighted by atomic mass is 10.1. The van der Waals surface area contributed by atoms with Gasteiger partial charge in [0, 0.05) is 0 Å². The Morgan fingerprint density at radius 1 is 1.12 bits per heavy atom. The van der Waals surface area contributed by atoms with Gasteiger partial charge >= 0.3 is 0 Å². The van der Waals surface area contributed by atoms with E-state index in [0.29, 0.717) is 33.9 Å². The van der Waals surface area contributed by atoms with Gasteiger partial charge in [0.05, 0.1) is 22.8 Å². The van der Waals surface area contributed by atoms with Gasteiger partial charge in [-0.15, -0.1) is 0 Å². The van der Waals surface area contributed by atoms with Crippen LogP contribution < -0.4 is 11.2 Å². The number of benzene rings is 2. The zero-order valence-electron chi connectivity index (χ0n) is 17.0. The molecule has 164 valence electrons. The highest BCUT2D eigenvalue weighted by Gasteiger charge is 2.20. The first-order valence-electron chi connectivity index (χ1n) is 9.80. The molecule has 3 aromatic heterocycles. The Hall–Kier alpha value is -4.80. The van der Waals surface area contributed by atoms with Crippen molar-refractivity contribution in [2.45, 2.75) is 6.54 Å². The Kier molecular flexibility index (Phi) is 5.11. The topological polar surface area (TPSA) is 137 Å². The fraction of sp³-hybridized carbons (Fsp3) is 0.0455. The fourth-order valence-electron chi connectivity index (χ4n) is 3.34. The van der Waals surface area contributed by atoms with Crippen LogP contribution in [0, 0.1) is 5.82 Å². The standard InChI is InChI=1S/C22H16FN7O3/c23-15-6-2-1-5-14(15)18-10-9-13(32-18)11-25-27-19(31)12-30-17-8-4-3-7-16(17)26-22(30)20-21(24)29-33-28-20/h1-11H,12H2,(H2,24,29)(H,27,31)/b25-11+. The van der Waals surface area contributed by atoms with Gasteiger partial charge in [0.2, 0.25) is 0 Å². The number of hydrogen-bond acceptors (Lipinski definition) is 8. The molecule has 0 fully saturated rings. The molecule has 11 heteroatoms. The highest BCUT2D eigenvalue weighted by Crippen LogP contribution is 2.26. The lowest BCUT2D eigenvalue weighted by molar-refractivity contribution is -0.121. The van der Waals surface area contributed by atoms with Crippen molar-refractivity contribution in [3.8, 4) is 22.8 Å². The summed E-state index contributed by atoms with van der Waals surface area (Å²) >= 11 is 0. The number of imidazole rings is 1. The molecule has 3 N–H and O–H groups in total. The second kappa shape index (κ2) is 8.38. The molecule has 0 unspecified atom stereocenters. The number of amides is 1. The van der Waals surface area contributed by atoms with Gasteiger partial charge < -0.3 is 14.7 Å². The maximum Gasteiger partial charge on any atom is 0.260 e. The summed E-state index contributed by atoms with van der Waals surface area (Å²) in [6.45, 7) is -0.113. The Morgan fingerprint density at radius 3 is 2.76 bits per heavy atom. The number of para-hydroxylation sites is 2. The molecule has 0 bridgehead atoms. The number of anilines is 1. The molecule has 0 saturated carbocycles. The van der Waals surface area contributed by atoms with Crippen LogP contribution in [0.15, 0.2) is 74.8 Å². The summed E-state index contributed by atoms with van der Waals surface area (Å²) in [5.41, 5.74) is 10.2. The Balaban J connectivity index is 1.33. The molecule has 0 saturated heterocycles. The molecule has 0 aliphatic carbocycles. The number of hydrogen-bond donors (Lipinski definition) is 2. The maximum atomic E-state index is 13.9. The molecule has 0 aliphatic rings. The number of nitrogens with zero attached hydrogens (tertiary/aromatic N) is 5. The van der Waals surface area contributed by atoms with E-state index in [9.17, 15) is 9.18 Å². The number of hydrazone groups is 1. The van der Waals surface area contributed by atoms with Crippen molar-refractivity contribution in [1.82, 2.24) is 25.3 Å². The molecule has 5 rings (SSSR count). The third-order valence-electron chi connectivity index (χ3n) is 4.83. The van der Waals surface area contributed by atoms with E-state index in [4.69, 9.17) is 10.2 Å². The van der Waals surface area contributed by atoms with E-state index >= 15 is 0 Å². The van der Waals surface area contributed by atoms with Crippen LogP contribution in [0.3, 0.4) is 0 Å². The van der Waals surface area contributed by atoms with Crippen LogP contribution in [-0.4, -0.2) is 32.0 Å². The average molecular weight is 445 g/mol. The summed E-state index contributed by atoms with van der Waals surface area (Å²) in [7, 11) is 0. The predicted octanol–water partition coefficient (Wildman–Crippen LogP) is 3.22. The maximum absolute atomic E-state index is 13.9. The Bertz CT molecular complexity index is 1480. The Morgan fingerprint density at radius 2 is 1.94 bits per heavy atom. The molecule has 2 aromatic carbocycles. The number of nitrogen functional groups attached to an aromatic ring is 1. The number of carbonyl (C=O) groups is 1. The zero-order valence-corrected chi connectivity index (χ0v) is 17.0. The van der Waals surface area contributed by atoms with Crippen molar-refractivity contribution in [2.75, 3.05) is 5.73 Å². The number of fused-ring (bicyclic) bond motifs is 1. The van der Waals surface area contributed by atoms with Crippen LogP contribution in [-0.2, 0) is 11.3 Å². The third kappa shape index (κ3) is 3.94. The first-order valence-corrected chi connectivity index (χ1v) is 9.80.